The lowest BCUT2D eigenvalue weighted by Gasteiger charge is -2.05. The van der Waals surface area contributed by atoms with E-state index in [1.54, 1.807) is 30.5 Å². The van der Waals surface area contributed by atoms with Crippen molar-refractivity contribution in [2.45, 2.75) is 6.92 Å². The highest BCUT2D eigenvalue weighted by molar-refractivity contribution is 6.04. The minimum atomic E-state index is -0.194. The molecule has 88 valence electrons. The van der Waals surface area contributed by atoms with Crippen molar-refractivity contribution in [1.82, 2.24) is 4.98 Å². The van der Waals surface area contributed by atoms with Crippen molar-refractivity contribution in [1.29, 1.82) is 0 Å². The molecule has 1 aromatic carbocycles. The Hall–Kier alpha value is -2.60. The van der Waals surface area contributed by atoms with Crippen LogP contribution in [0.15, 0.2) is 42.7 Å². The number of rotatable bonds is 2. The highest BCUT2D eigenvalue weighted by atomic mass is 16.1. The molecule has 0 fully saturated rings. The molecular formula is C15H12N2O. The summed E-state index contributed by atoms with van der Waals surface area (Å²) < 4.78 is 0. The molecule has 0 aliphatic carbocycles. The molecule has 0 atom stereocenters. The van der Waals surface area contributed by atoms with Crippen LogP contribution in [0, 0.1) is 19.3 Å². The molecule has 0 spiro atoms. The van der Waals surface area contributed by atoms with Crippen molar-refractivity contribution >= 4 is 11.6 Å². The SMILES string of the molecule is C#Cc1cccc(NC(=O)c2cncc(C)c2)c1. The van der Waals surface area contributed by atoms with Gasteiger partial charge in [-0.15, -0.1) is 6.42 Å². The molecule has 1 N–H and O–H groups in total. The molecule has 0 radical (unpaired) electrons. The van der Waals surface area contributed by atoms with E-state index in [2.05, 4.69) is 16.2 Å². The highest BCUT2D eigenvalue weighted by Gasteiger charge is 2.06. The monoisotopic (exact) mass is 236 g/mol. The first-order valence-electron chi connectivity index (χ1n) is 5.49. The number of anilines is 1. The van der Waals surface area contributed by atoms with Gasteiger partial charge in [-0.05, 0) is 36.8 Å². The first-order chi connectivity index (χ1) is 8.69. The Morgan fingerprint density at radius 2 is 2.17 bits per heavy atom. The molecule has 0 aliphatic heterocycles. The van der Waals surface area contributed by atoms with Crippen LogP contribution >= 0.6 is 0 Å². The fraction of sp³-hybridized carbons (Fsp3) is 0.0667. The molecule has 1 aromatic heterocycles. The van der Waals surface area contributed by atoms with Crippen LogP contribution in [0.5, 0.6) is 0 Å². The first-order valence-corrected chi connectivity index (χ1v) is 5.49. The normalized spacial score (nSPS) is 9.56. The lowest BCUT2D eigenvalue weighted by molar-refractivity contribution is 0.102. The van der Waals surface area contributed by atoms with Gasteiger partial charge in [-0.25, -0.2) is 0 Å². The number of amides is 1. The van der Waals surface area contributed by atoms with Gasteiger partial charge in [0.1, 0.15) is 0 Å². The minimum absolute atomic E-state index is 0.194. The van der Waals surface area contributed by atoms with Crippen molar-refractivity contribution in [3.63, 3.8) is 0 Å². The van der Waals surface area contributed by atoms with Crippen LogP contribution < -0.4 is 5.32 Å². The Labute approximate surface area is 106 Å². The summed E-state index contributed by atoms with van der Waals surface area (Å²) in [4.78, 5) is 16.0. The standard InChI is InChI=1S/C15H12N2O/c1-3-12-5-4-6-14(8-12)17-15(18)13-7-11(2)9-16-10-13/h1,4-10H,2H3,(H,17,18). The van der Waals surface area contributed by atoms with Gasteiger partial charge in [-0.2, -0.15) is 0 Å². The Morgan fingerprint density at radius 3 is 2.89 bits per heavy atom. The average Bonchev–Trinajstić information content (AvgIpc) is 2.39. The number of nitrogens with one attached hydrogen (secondary N) is 1. The number of pyridine rings is 1. The number of aryl methyl sites for hydroxylation is 1. The van der Waals surface area contributed by atoms with E-state index in [-0.39, 0.29) is 5.91 Å². The van der Waals surface area contributed by atoms with Crippen molar-refractivity contribution in [2.75, 3.05) is 5.32 Å². The third kappa shape index (κ3) is 2.74. The smallest absolute Gasteiger partial charge is 0.257 e. The third-order valence-electron chi connectivity index (χ3n) is 2.42. The number of carbonyl (C=O) groups is 1. The summed E-state index contributed by atoms with van der Waals surface area (Å²) in [7, 11) is 0. The van der Waals surface area contributed by atoms with Gasteiger partial charge >= 0.3 is 0 Å². The van der Waals surface area contributed by atoms with Crippen LogP contribution in [0.2, 0.25) is 0 Å². The van der Waals surface area contributed by atoms with Gasteiger partial charge in [0.15, 0.2) is 0 Å². The molecule has 3 heteroatoms. The summed E-state index contributed by atoms with van der Waals surface area (Å²) in [6.45, 7) is 1.89. The van der Waals surface area contributed by atoms with Gasteiger partial charge in [-0.1, -0.05) is 12.0 Å². The minimum Gasteiger partial charge on any atom is -0.322 e. The third-order valence-corrected chi connectivity index (χ3v) is 2.42. The number of nitrogens with zero attached hydrogens (tertiary/aromatic N) is 1. The number of hydrogen-bond donors (Lipinski definition) is 1. The second kappa shape index (κ2) is 5.15. The van der Waals surface area contributed by atoms with Gasteiger partial charge in [0, 0.05) is 23.6 Å². The average molecular weight is 236 g/mol. The largest absolute Gasteiger partial charge is 0.322 e. The van der Waals surface area contributed by atoms with Crippen LogP contribution in [0.3, 0.4) is 0 Å². The van der Waals surface area contributed by atoms with Gasteiger partial charge in [-0.3, -0.25) is 9.78 Å². The van der Waals surface area contributed by atoms with E-state index in [9.17, 15) is 4.79 Å². The van der Waals surface area contributed by atoms with Crippen molar-refractivity contribution in [2.24, 2.45) is 0 Å². The van der Waals surface area contributed by atoms with Crippen LogP contribution in [0.1, 0.15) is 21.5 Å². The van der Waals surface area contributed by atoms with Crippen LogP contribution in [-0.2, 0) is 0 Å². The number of carbonyl (C=O) groups excluding carboxylic acids is 1. The second-order valence-corrected chi connectivity index (χ2v) is 3.93. The number of hydrogen-bond acceptors (Lipinski definition) is 2. The van der Waals surface area contributed by atoms with E-state index in [1.165, 1.54) is 6.20 Å². The summed E-state index contributed by atoms with van der Waals surface area (Å²) in [5, 5.41) is 2.79. The number of benzene rings is 1. The van der Waals surface area contributed by atoms with E-state index in [0.717, 1.165) is 11.1 Å². The Kier molecular flexibility index (Phi) is 3.40. The maximum atomic E-state index is 12.0. The molecule has 0 aliphatic rings. The van der Waals surface area contributed by atoms with Crippen LogP contribution in [0.4, 0.5) is 5.69 Å². The highest BCUT2D eigenvalue weighted by Crippen LogP contribution is 2.11. The van der Waals surface area contributed by atoms with Crippen LogP contribution in [-0.4, -0.2) is 10.9 Å². The molecule has 0 bridgehead atoms. The van der Waals surface area contributed by atoms with Crippen molar-refractivity contribution in [3.8, 4) is 12.3 Å². The van der Waals surface area contributed by atoms with Crippen LogP contribution in [0.25, 0.3) is 0 Å². The second-order valence-electron chi connectivity index (χ2n) is 3.93. The van der Waals surface area contributed by atoms with Gasteiger partial charge in [0.2, 0.25) is 0 Å². The molecule has 0 unspecified atom stereocenters. The molecule has 0 saturated heterocycles. The van der Waals surface area contributed by atoms with Crippen molar-refractivity contribution < 1.29 is 4.79 Å². The maximum absolute atomic E-state index is 12.0. The summed E-state index contributed by atoms with van der Waals surface area (Å²) in [6, 6.07) is 8.94. The Bertz CT molecular complexity index is 626. The molecule has 0 saturated carbocycles. The zero-order valence-electron chi connectivity index (χ0n) is 9.97. The fourth-order valence-corrected chi connectivity index (χ4v) is 1.57. The van der Waals surface area contributed by atoms with E-state index in [0.29, 0.717) is 11.3 Å². The Balaban J connectivity index is 2.19. The van der Waals surface area contributed by atoms with Crippen molar-refractivity contribution in [3.05, 3.63) is 59.4 Å². The number of terminal acetylenes is 1. The topological polar surface area (TPSA) is 42.0 Å². The fourth-order valence-electron chi connectivity index (χ4n) is 1.57. The summed E-state index contributed by atoms with van der Waals surface area (Å²) in [5.41, 5.74) is 2.88. The maximum Gasteiger partial charge on any atom is 0.257 e. The molecule has 2 aromatic rings. The molecule has 2 rings (SSSR count). The molecule has 1 heterocycles. The lowest BCUT2D eigenvalue weighted by Crippen LogP contribution is -2.12. The zero-order valence-corrected chi connectivity index (χ0v) is 9.97. The summed E-state index contributed by atoms with van der Waals surface area (Å²) >= 11 is 0. The first kappa shape index (κ1) is 11.9. The molecule has 1 amide bonds. The molecular weight excluding hydrogens is 224 g/mol. The zero-order chi connectivity index (χ0) is 13.0. The van der Waals surface area contributed by atoms with Gasteiger partial charge < -0.3 is 5.32 Å². The predicted octanol–water partition coefficient (Wildman–Crippen LogP) is 2.62. The summed E-state index contributed by atoms with van der Waals surface area (Å²) in [6.07, 6.45) is 8.55. The molecule has 3 nitrogen and oxygen atoms in total. The van der Waals surface area contributed by atoms with E-state index in [1.807, 2.05) is 13.0 Å². The van der Waals surface area contributed by atoms with E-state index in [4.69, 9.17) is 6.42 Å². The lowest BCUT2D eigenvalue weighted by atomic mass is 10.2. The van der Waals surface area contributed by atoms with Gasteiger partial charge in [0.25, 0.3) is 5.91 Å². The van der Waals surface area contributed by atoms with E-state index >= 15 is 0 Å². The predicted molar refractivity (Wildman–Crippen MR) is 71.3 cm³/mol. The summed E-state index contributed by atoms with van der Waals surface area (Å²) in [5.74, 6) is 2.33. The number of aromatic nitrogens is 1. The Morgan fingerprint density at radius 1 is 1.33 bits per heavy atom. The quantitative estimate of drug-likeness (QED) is 0.814. The molecule has 18 heavy (non-hydrogen) atoms. The van der Waals surface area contributed by atoms with Gasteiger partial charge in [0.05, 0.1) is 5.56 Å². The van der Waals surface area contributed by atoms with E-state index < -0.39 is 0 Å².